The van der Waals surface area contributed by atoms with Crippen LogP contribution < -0.4 is 15.5 Å². The second-order valence-electron chi connectivity index (χ2n) is 6.25. The van der Waals surface area contributed by atoms with Crippen LogP contribution in [0.2, 0.25) is 0 Å². The first kappa shape index (κ1) is 21.9. The van der Waals surface area contributed by atoms with Crippen LogP contribution in [0.25, 0.3) is 0 Å². The molecule has 1 aromatic heterocycles. The lowest BCUT2D eigenvalue weighted by Gasteiger charge is -2.37. The van der Waals surface area contributed by atoms with E-state index in [0.29, 0.717) is 0 Å². The van der Waals surface area contributed by atoms with Gasteiger partial charge in [-0.15, -0.1) is 24.0 Å². The van der Waals surface area contributed by atoms with Crippen molar-refractivity contribution in [3.8, 4) is 0 Å². The largest absolute Gasteiger partial charge is 0.357 e. The standard InChI is InChI=1S/C20H26N6O.HI/c1-2-21-20(23-16-19(27)24-17-8-4-3-5-9-17)26-14-12-25(13-15-26)18-10-6-7-11-22-18;/h3-11H,2,12-16H2,1H3,(H,21,23)(H,24,27);1H. The zero-order chi connectivity index (χ0) is 18.9. The second kappa shape index (κ2) is 11.5. The number of nitrogens with zero attached hydrogens (tertiary/aromatic N) is 4. The lowest BCUT2D eigenvalue weighted by Crippen LogP contribution is -2.53. The van der Waals surface area contributed by atoms with Gasteiger partial charge in [-0.25, -0.2) is 9.98 Å². The fourth-order valence-electron chi connectivity index (χ4n) is 2.98. The molecule has 1 aliphatic heterocycles. The molecule has 0 unspecified atom stereocenters. The van der Waals surface area contributed by atoms with Crippen molar-refractivity contribution in [1.29, 1.82) is 0 Å². The van der Waals surface area contributed by atoms with Gasteiger partial charge in [-0.2, -0.15) is 0 Å². The average molecular weight is 494 g/mol. The molecule has 0 bridgehead atoms. The van der Waals surface area contributed by atoms with Gasteiger partial charge in [0, 0.05) is 44.6 Å². The third-order valence-corrected chi connectivity index (χ3v) is 4.32. The SMILES string of the molecule is CCNC(=NCC(=O)Nc1ccccc1)N1CCN(c2ccccn2)CC1.I. The van der Waals surface area contributed by atoms with E-state index in [1.165, 1.54) is 0 Å². The van der Waals surface area contributed by atoms with Crippen molar-refractivity contribution in [2.24, 2.45) is 4.99 Å². The first-order valence-corrected chi connectivity index (χ1v) is 9.30. The molecule has 150 valence electrons. The molecule has 1 amide bonds. The van der Waals surface area contributed by atoms with Gasteiger partial charge >= 0.3 is 0 Å². The van der Waals surface area contributed by atoms with Gasteiger partial charge in [0.1, 0.15) is 12.4 Å². The van der Waals surface area contributed by atoms with Crippen molar-refractivity contribution in [1.82, 2.24) is 15.2 Å². The van der Waals surface area contributed by atoms with E-state index in [9.17, 15) is 4.79 Å². The van der Waals surface area contributed by atoms with Crippen LogP contribution in [0.3, 0.4) is 0 Å². The highest BCUT2D eigenvalue weighted by atomic mass is 127. The van der Waals surface area contributed by atoms with E-state index in [2.05, 4.69) is 30.4 Å². The van der Waals surface area contributed by atoms with Crippen LogP contribution in [-0.2, 0) is 4.79 Å². The highest BCUT2D eigenvalue weighted by Gasteiger charge is 2.20. The molecular weight excluding hydrogens is 467 g/mol. The molecule has 2 aromatic rings. The van der Waals surface area contributed by atoms with Gasteiger partial charge < -0.3 is 20.4 Å². The molecule has 2 N–H and O–H groups in total. The third kappa shape index (κ3) is 6.36. The number of amides is 1. The third-order valence-electron chi connectivity index (χ3n) is 4.32. The van der Waals surface area contributed by atoms with Crippen LogP contribution in [0.1, 0.15) is 6.92 Å². The number of carbonyl (C=O) groups excluding carboxylic acids is 1. The number of guanidine groups is 1. The number of para-hydroxylation sites is 1. The van der Waals surface area contributed by atoms with Gasteiger partial charge in [0.2, 0.25) is 5.91 Å². The lowest BCUT2D eigenvalue weighted by atomic mass is 10.3. The van der Waals surface area contributed by atoms with Gasteiger partial charge in [0.15, 0.2) is 5.96 Å². The van der Waals surface area contributed by atoms with Crippen LogP contribution in [-0.4, -0.2) is 61.0 Å². The number of rotatable bonds is 5. The average Bonchev–Trinajstić information content (AvgIpc) is 2.73. The normalized spacial score (nSPS) is 14.2. The number of aliphatic imine (C=N–C) groups is 1. The van der Waals surface area contributed by atoms with Crippen molar-refractivity contribution in [2.75, 3.05) is 49.5 Å². The maximum absolute atomic E-state index is 12.2. The highest BCUT2D eigenvalue weighted by molar-refractivity contribution is 14.0. The monoisotopic (exact) mass is 494 g/mol. The molecule has 0 radical (unpaired) electrons. The molecule has 3 rings (SSSR count). The minimum absolute atomic E-state index is 0. The minimum Gasteiger partial charge on any atom is -0.357 e. The summed E-state index contributed by atoms with van der Waals surface area (Å²) in [7, 11) is 0. The molecule has 1 aliphatic rings. The summed E-state index contributed by atoms with van der Waals surface area (Å²) in [6.45, 7) is 6.31. The Bertz CT molecular complexity index is 748. The van der Waals surface area contributed by atoms with Crippen molar-refractivity contribution in [2.45, 2.75) is 6.92 Å². The number of anilines is 2. The number of piperazine rings is 1. The molecule has 28 heavy (non-hydrogen) atoms. The number of nitrogens with one attached hydrogen (secondary N) is 2. The van der Waals surface area contributed by atoms with E-state index in [1.807, 2.05) is 61.7 Å². The Kier molecular flexibility index (Phi) is 8.99. The van der Waals surface area contributed by atoms with E-state index < -0.39 is 0 Å². The number of halogens is 1. The number of benzene rings is 1. The first-order valence-electron chi connectivity index (χ1n) is 9.30. The van der Waals surface area contributed by atoms with Crippen molar-refractivity contribution in [3.63, 3.8) is 0 Å². The summed E-state index contributed by atoms with van der Waals surface area (Å²) < 4.78 is 0. The maximum atomic E-state index is 12.2. The van der Waals surface area contributed by atoms with Gasteiger partial charge in [-0.1, -0.05) is 24.3 Å². The summed E-state index contributed by atoms with van der Waals surface area (Å²) in [5.41, 5.74) is 0.784. The van der Waals surface area contributed by atoms with Gasteiger partial charge in [0.05, 0.1) is 0 Å². The first-order chi connectivity index (χ1) is 13.3. The lowest BCUT2D eigenvalue weighted by molar-refractivity contribution is -0.114. The highest BCUT2D eigenvalue weighted by Crippen LogP contribution is 2.12. The number of hydrogen-bond acceptors (Lipinski definition) is 4. The summed E-state index contributed by atoms with van der Waals surface area (Å²) in [4.78, 5) is 25.6. The van der Waals surface area contributed by atoms with Crippen molar-refractivity contribution >= 4 is 47.3 Å². The van der Waals surface area contributed by atoms with E-state index >= 15 is 0 Å². The van der Waals surface area contributed by atoms with E-state index in [-0.39, 0.29) is 36.4 Å². The summed E-state index contributed by atoms with van der Waals surface area (Å²) in [6.07, 6.45) is 1.82. The summed E-state index contributed by atoms with van der Waals surface area (Å²) in [5, 5.41) is 6.15. The van der Waals surface area contributed by atoms with Crippen LogP contribution in [0.15, 0.2) is 59.7 Å². The van der Waals surface area contributed by atoms with E-state index in [0.717, 1.165) is 50.2 Å². The van der Waals surface area contributed by atoms with Crippen LogP contribution in [0.5, 0.6) is 0 Å². The van der Waals surface area contributed by atoms with E-state index in [1.54, 1.807) is 0 Å². The van der Waals surface area contributed by atoms with Crippen LogP contribution >= 0.6 is 24.0 Å². The predicted octanol–water partition coefficient (Wildman–Crippen LogP) is 2.43. The topological polar surface area (TPSA) is 72.9 Å². The quantitative estimate of drug-likeness (QED) is 0.380. The molecule has 7 nitrogen and oxygen atoms in total. The van der Waals surface area contributed by atoms with Gasteiger partial charge in [0.25, 0.3) is 0 Å². The Labute approximate surface area is 183 Å². The minimum atomic E-state index is -0.122. The summed E-state index contributed by atoms with van der Waals surface area (Å²) in [6, 6.07) is 15.4. The van der Waals surface area contributed by atoms with Gasteiger partial charge in [-0.05, 0) is 31.2 Å². The number of aromatic nitrogens is 1. The van der Waals surface area contributed by atoms with Crippen molar-refractivity contribution in [3.05, 3.63) is 54.7 Å². The number of carbonyl (C=O) groups is 1. The second-order valence-corrected chi connectivity index (χ2v) is 6.25. The number of pyridine rings is 1. The Balaban J connectivity index is 0.00000280. The number of hydrogen-bond donors (Lipinski definition) is 2. The molecule has 0 saturated carbocycles. The molecule has 0 aliphatic carbocycles. The smallest absolute Gasteiger partial charge is 0.246 e. The Morgan fingerprint density at radius 2 is 1.79 bits per heavy atom. The molecule has 2 heterocycles. The molecule has 1 saturated heterocycles. The summed E-state index contributed by atoms with van der Waals surface area (Å²) in [5.74, 6) is 1.66. The van der Waals surface area contributed by atoms with Crippen molar-refractivity contribution < 1.29 is 4.79 Å². The Hall–Kier alpha value is -2.36. The molecule has 0 spiro atoms. The fourth-order valence-corrected chi connectivity index (χ4v) is 2.98. The molecule has 1 aromatic carbocycles. The summed E-state index contributed by atoms with van der Waals surface area (Å²) >= 11 is 0. The zero-order valence-electron chi connectivity index (χ0n) is 16.0. The van der Waals surface area contributed by atoms with E-state index in [4.69, 9.17) is 0 Å². The zero-order valence-corrected chi connectivity index (χ0v) is 18.4. The fraction of sp³-hybridized carbons (Fsp3) is 0.350. The maximum Gasteiger partial charge on any atom is 0.246 e. The van der Waals surface area contributed by atoms with Gasteiger partial charge in [-0.3, -0.25) is 4.79 Å². The molecule has 1 fully saturated rings. The Morgan fingerprint density at radius 1 is 1.07 bits per heavy atom. The molecular formula is C20H27IN6O. The molecule has 8 heteroatoms. The van der Waals surface area contributed by atoms with Crippen LogP contribution in [0.4, 0.5) is 11.5 Å². The predicted molar refractivity (Wildman–Crippen MR) is 124 cm³/mol. The Morgan fingerprint density at radius 3 is 2.43 bits per heavy atom. The van der Waals surface area contributed by atoms with Crippen LogP contribution in [0, 0.1) is 0 Å². The molecule has 0 atom stereocenters.